The predicted molar refractivity (Wildman–Crippen MR) is 68.2 cm³/mol. The van der Waals surface area contributed by atoms with E-state index in [9.17, 15) is 0 Å². The van der Waals surface area contributed by atoms with Gasteiger partial charge >= 0.3 is 0 Å². The Kier molecular flexibility index (Phi) is 4.29. The minimum atomic E-state index is 0.756. The van der Waals surface area contributed by atoms with Gasteiger partial charge in [-0.2, -0.15) is 0 Å². The molecule has 0 amide bonds. The molecule has 1 aromatic heterocycles. The maximum absolute atomic E-state index is 5.32. The number of hydrogen-bond acceptors (Lipinski definition) is 5. The van der Waals surface area contributed by atoms with E-state index in [1.165, 1.54) is 0 Å². The Labute approximate surface area is 106 Å². The Morgan fingerprint density at radius 3 is 2.82 bits per heavy atom. The number of aromatic nitrogens is 3. The van der Waals surface area contributed by atoms with Crippen molar-refractivity contribution in [1.29, 1.82) is 0 Å². The molecule has 1 aliphatic heterocycles. The largest absolute Gasteiger partial charge is 0.378 e. The SMILES string of the molecule is CC#CCSc1nnc(N2CCOCC2)n1C. The Balaban J connectivity index is 2.04. The van der Waals surface area contributed by atoms with Crippen LogP contribution in [-0.4, -0.2) is 46.8 Å². The molecule has 6 heteroatoms. The van der Waals surface area contributed by atoms with Crippen LogP contribution in [0.15, 0.2) is 5.16 Å². The monoisotopic (exact) mass is 252 g/mol. The maximum Gasteiger partial charge on any atom is 0.227 e. The third-order valence-electron chi connectivity index (χ3n) is 2.56. The summed E-state index contributed by atoms with van der Waals surface area (Å²) < 4.78 is 7.35. The van der Waals surface area contributed by atoms with E-state index in [2.05, 4.69) is 26.9 Å². The quantitative estimate of drug-likeness (QED) is 0.587. The molecule has 1 aliphatic rings. The molecule has 92 valence electrons. The number of ether oxygens (including phenoxy) is 1. The molecule has 0 saturated carbocycles. The number of morpholine rings is 1. The van der Waals surface area contributed by atoms with Crippen molar-refractivity contribution in [2.24, 2.45) is 7.05 Å². The van der Waals surface area contributed by atoms with Crippen LogP contribution in [0.4, 0.5) is 5.95 Å². The standard InChI is InChI=1S/C11H16N4OS/c1-3-4-9-17-11-13-12-10(14(11)2)15-5-7-16-8-6-15/h5-9H2,1-2H3. The van der Waals surface area contributed by atoms with Crippen LogP contribution >= 0.6 is 11.8 Å². The highest BCUT2D eigenvalue weighted by molar-refractivity contribution is 7.99. The van der Waals surface area contributed by atoms with Gasteiger partial charge in [0, 0.05) is 20.1 Å². The molecule has 1 saturated heterocycles. The summed E-state index contributed by atoms with van der Waals surface area (Å²) >= 11 is 1.61. The first-order valence-corrected chi connectivity index (χ1v) is 6.56. The second-order valence-corrected chi connectivity index (χ2v) is 4.60. The lowest BCUT2D eigenvalue weighted by molar-refractivity contribution is 0.121. The minimum absolute atomic E-state index is 0.756. The van der Waals surface area contributed by atoms with Crippen molar-refractivity contribution in [3.63, 3.8) is 0 Å². The van der Waals surface area contributed by atoms with Crippen molar-refractivity contribution in [2.45, 2.75) is 12.1 Å². The molecule has 5 nitrogen and oxygen atoms in total. The first kappa shape index (κ1) is 12.3. The molecular formula is C11H16N4OS. The van der Waals surface area contributed by atoms with Crippen molar-refractivity contribution in [3.8, 4) is 11.8 Å². The number of nitrogens with zero attached hydrogens (tertiary/aromatic N) is 4. The fourth-order valence-electron chi connectivity index (χ4n) is 1.64. The number of hydrogen-bond donors (Lipinski definition) is 0. The Hall–Kier alpha value is -1.19. The Morgan fingerprint density at radius 2 is 2.12 bits per heavy atom. The van der Waals surface area contributed by atoms with Crippen molar-refractivity contribution in [3.05, 3.63) is 0 Å². The summed E-state index contributed by atoms with van der Waals surface area (Å²) in [5, 5.41) is 9.33. The molecule has 0 aromatic carbocycles. The van der Waals surface area contributed by atoms with Crippen molar-refractivity contribution >= 4 is 17.7 Å². The van der Waals surface area contributed by atoms with E-state index in [-0.39, 0.29) is 0 Å². The lowest BCUT2D eigenvalue weighted by Gasteiger charge is -2.27. The van der Waals surface area contributed by atoms with E-state index in [1.54, 1.807) is 11.8 Å². The summed E-state index contributed by atoms with van der Waals surface area (Å²) in [6, 6.07) is 0. The van der Waals surface area contributed by atoms with Gasteiger partial charge in [0.1, 0.15) is 0 Å². The Morgan fingerprint density at radius 1 is 1.35 bits per heavy atom. The van der Waals surface area contributed by atoms with Crippen LogP contribution in [0.25, 0.3) is 0 Å². The summed E-state index contributed by atoms with van der Waals surface area (Å²) in [6.45, 7) is 5.13. The van der Waals surface area contributed by atoms with Crippen molar-refractivity contribution in [1.82, 2.24) is 14.8 Å². The van der Waals surface area contributed by atoms with Gasteiger partial charge in [-0.3, -0.25) is 4.57 Å². The van der Waals surface area contributed by atoms with Crippen LogP contribution in [0, 0.1) is 11.8 Å². The molecule has 2 heterocycles. The molecule has 1 fully saturated rings. The minimum Gasteiger partial charge on any atom is -0.378 e. The molecule has 0 bridgehead atoms. The Bertz CT molecular complexity index is 428. The zero-order valence-corrected chi connectivity index (χ0v) is 11.0. The molecular weight excluding hydrogens is 236 g/mol. The fraction of sp³-hybridized carbons (Fsp3) is 0.636. The summed E-state index contributed by atoms with van der Waals surface area (Å²) in [5.74, 6) is 7.56. The molecule has 0 spiro atoms. The molecule has 0 N–H and O–H groups in total. The summed E-state index contributed by atoms with van der Waals surface area (Å²) in [7, 11) is 1.99. The topological polar surface area (TPSA) is 43.2 Å². The van der Waals surface area contributed by atoms with Crippen LogP contribution < -0.4 is 4.90 Å². The van der Waals surface area contributed by atoms with E-state index >= 15 is 0 Å². The van der Waals surface area contributed by atoms with Crippen LogP contribution in [0.5, 0.6) is 0 Å². The lowest BCUT2D eigenvalue weighted by atomic mass is 10.4. The zero-order chi connectivity index (χ0) is 12.1. The predicted octanol–water partition coefficient (Wildman–Crippen LogP) is 0.767. The van der Waals surface area contributed by atoms with E-state index in [0.717, 1.165) is 43.2 Å². The van der Waals surface area contributed by atoms with Crippen LogP contribution in [0.3, 0.4) is 0 Å². The molecule has 0 unspecified atom stereocenters. The molecule has 0 radical (unpaired) electrons. The van der Waals surface area contributed by atoms with Gasteiger partial charge in [-0.05, 0) is 6.92 Å². The van der Waals surface area contributed by atoms with Crippen molar-refractivity contribution < 1.29 is 4.74 Å². The number of thioether (sulfide) groups is 1. The van der Waals surface area contributed by atoms with Crippen molar-refractivity contribution in [2.75, 3.05) is 37.0 Å². The normalized spacial score (nSPS) is 15.5. The number of rotatable bonds is 3. The average molecular weight is 252 g/mol. The van der Waals surface area contributed by atoms with Gasteiger partial charge in [-0.1, -0.05) is 17.7 Å². The highest BCUT2D eigenvalue weighted by Gasteiger charge is 2.18. The first-order chi connectivity index (χ1) is 8.33. The third-order valence-corrected chi connectivity index (χ3v) is 3.46. The van der Waals surface area contributed by atoms with Gasteiger partial charge < -0.3 is 9.64 Å². The van der Waals surface area contributed by atoms with E-state index in [0.29, 0.717) is 0 Å². The van der Waals surface area contributed by atoms with Crippen LogP contribution in [-0.2, 0) is 11.8 Å². The highest BCUT2D eigenvalue weighted by atomic mass is 32.2. The smallest absolute Gasteiger partial charge is 0.227 e. The van der Waals surface area contributed by atoms with Gasteiger partial charge in [0.2, 0.25) is 5.95 Å². The second-order valence-electron chi connectivity index (χ2n) is 3.66. The summed E-state index contributed by atoms with van der Waals surface area (Å²) in [5.41, 5.74) is 0. The van der Waals surface area contributed by atoms with Gasteiger partial charge in [-0.15, -0.1) is 16.1 Å². The summed E-state index contributed by atoms with van der Waals surface area (Å²) in [4.78, 5) is 2.20. The van der Waals surface area contributed by atoms with E-state index in [1.807, 2.05) is 18.5 Å². The van der Waals surface area contributed by atoms with E-state index < -0.39 is 0 Å². The third kappa shape index (κ3) is 2.93. The number of anilines is 1. The van der Waals surface area contributed by atoms with Gasteiger partial charge in [-0.25, -0.2) is 0 Å². The van der Waals surface area contributed by atoms with Gasteiger partial charge in [0.05, 0.1) is 19.0 Å². The van der Waals surface area contributed by atoms with Gasteiger partial charge in [0.15, 0.2) is 5.16 Å². The second kappa shape index (κ2) is 5.94. The first-order valence-electron chi connectivity index (χ1n) is 5.57. The molecule has 0 aliphatic carbocycles. The molecule has 17 heavy (non-hydrogen) atoms. The molecule has 2 rings (SSSR count). The molecule has 1 aromatic rings. The van der Waals surface area contributed by atoms with E-state index in [4.69, 9.17) is 4.74 Å². The molecule has 0 atom stereocenters. The van der Waals surface area contributed by atoms with Crippen LogP contribution in [0.2, 0.25) is 0 Å². The van der Waals surface area contributed by atoms with Gasteiger partial charge in [0.25, 0.3) is 0 Å². The fourth-order valence-corrected chi connectivity index (χ4v) is 2.36. The highest BCUT2D eigenvalue weighted by Crippen LogP contribution is 2.20. The lowest BCUT2D eigenvalue weighted by Crippen LogP contribution is -2.37. The van der Waals surface area contributed by atoms with Crippen LogP contribution in [0.1, 0.15) is 6.92 Å². The summed E-state index contributed by atoms with van der Waals surface area (Å²) in [6.07, 6.45) is 0. The zero-order valence-electron chi connectivity index (χ0n) is 10.1. The average Bonchev–Trinajstić information content (AvgIpc) is 2.73. The maximum atomic E-state index is 5.32.